The minimum atomic E-state index is 0.00411. The van der Waals surface area contributed by atoms with Gasteiger partial charge in [-0.3, -0.25) is 0 Å². The molecule has 0 aliphatic heterocycles. The standard InChI is InChI=1S/C20H30N2O3/c1-19(2,3)12-20(4,5)16-11-21-18(22-16)13-9-14(23-6)17(25-8)15(10-13)24-7/h9-11H,12H2,1-8H3,(H,21,22). The average molecular weight is 346 g/mol. The van der Waals surface area contributed by atoms with Crippen molar-refractivity contribution in [3.8, 4) is 28.6 Å². The Morgan fingerprint density at radius 3 is 1.92 bits per heavy atom. The third kappa shape index (κ3) is 4.27. The molecule has 0 saturated heterocycles. The van der Waals surface area contributed by atoms with Gasteiger partial charge in [0.15, 0.2) is 11.5 Å². The monoisotopic (exact) mass is 346 g/mol. The van der Waals surface area contributed by atoms with Gasteiger partial charge in [-0.05, 0) is 24.0 Å². The highest BCUT2D eigenvalue weighted by molar-refractivity contribution is 5.66. The molecule has 0 atom stereocenters. The van der Waals surface area contributed by atoms with Crippen LogP contribution in [0.2, 0.25) is 0 Å². The molecule has 0 amide bonds. The molecule has 0 radical (unpaired) electrons. The van der Waals surface area contributed by atoms with Crippen LogP contribution in [0.15, 0.2) is 18.3 Å². The van der Waals surface area contributed by atoms with Gasteiger partial charge in [0.25, 0.3) is 0 Å². The Morgan fingerprint density at radius 2 is 1.48 bits per heavy atom. The summed E-state index contributed by atoms with van der Waals surface area (Å²) in [7, 11) is 4.82. The maximum Gasteiger partial charge on any atom is 0.203 e. The fraction of sp³-hybridized carbons (Fsp3) is 0.550. The van der Waals surface area contributed by atoms with Gasteiger partial charge in [-0.2, -0.15) is 0 Å². The van der Waals surface area contributed by atoms with Crippen LogP contribution in [0.25, 0.3) is 11.4 Å². The minimum absolute atomic E-state index is 0.00411. The van der Waals surface area contributed by atoms with Gasteiger partial charge < -0.3 is 19.2 Å². The lowest BCUT2D eigenvalue weighted by molar-refractivity contribution is 0.280. The van der Waals surface area contributed by atoms with Crippen LogP contribution >= 0.6 is 0 Å². The lowest BCUT2D eigenvalue weighted by atomic mass is 9.74. The van der Waals surface area contributed by atoms with Crippen molar-refractivity contribution in [3.05, 3.63) is 24.0 Å². The normalized spacial score (nSPS) is 12.2. The summed E-state index contributed by atoms with van der Waals surface area (Å²) >= 11 is 0. The van der Waals surface area contributed by atoms with Crippen molar-refractivity contribution in [1.29, 1.82) is 0 Å². The number of hydrogen-bond donors (Lipinski definition) is 1. The van der Waals surface area contributed by atoms with Crippen molar-refractivity contribution >= 4 is 0 Å². The summed E-state index contributed by atoms with van der Waals surface area (Å²) in [4.78, 5) is 8.05. The number of rotatable bonds is 6. The number of nitrogens with one attached hydrogen (secondary N) is 1. The molecular weight excluding hydrogens is 316 g/mol. The molecule has 1 aromatic heterocycles. The quantitative estimate of drug-likeness (QED) is 0.815. The summed E-state index contributed by atoms with van der Waals surface area (Å²) in [6.45, 7) is 11.2. The number of aromatic amines is 1. The topological polar surface area (TPSA) is 56.4 Å². The summed E-state index contributed by atoms with van der Waals surface area (Å²) < 4.78 is 16.3. The van der Waals surface area contributed by atoms with Gasteiger partial charge in [-0.1, -0.05) is 34.6 Å². The predicted molar refractivity (Wildman–Crippen MR) is 101 cm³/mol. The molecule has 25 heavy (non-hydrogen) atoms. The molecule has 0 fully saturated rings. The van der Waals surface area contributed by atoms with E-state index in [1.807, 2.05) is 18.3 Å². The van der Waals surface area contributed by atoms with Gasteiger partial charge in [0.05, 0.1) is 21.3 Å². The summed E-state index contributed by atoms with van der Waals surface area (Å²) in [6, 6.07) is 3.81. The molecule has 0 spiro atoms. The molecule has 1 heterocycles. The van der Waals surface area contributed by atoms with Gasteiger partial charge in [0.2, 0.25) is 5.75 Å². The van der Waals surface area contributed by atoms with Crippen molar-refractivity contribution in [2.75, 3.05) is 21.3 Å². The molecule has 0 unspecified atom stereocenters. The SMILES string of the molecule is COc1cc(-c2ncc(C(C)(C)CC(C)(C)C)[nH]2)cc(OC)c1OC. The number of hydrogen-bond acceptors (Lipinski definition) is 4. The number of methoxy groups -OCH3 is 3. The van der Waals surface area contributed by atoms with Gasteiger partial charge in [0, 0.05) is 22.9 Å². The van der Waals surface area contributed by atoms with Crippen molar-refractivity contribution in [3.63, 3.8) is 0 Å². The predicted octanol–water partition coefficient (Wildman–Crippen LogP) is 4.82. The fourth-order valence-corrected chi connectivity index (χ4v) is 3.45. The smallest absolute Gasteiger partial charge is 0.203 e. The van der Waals surface area contributed by atoms with E-state index in [2.05, 4.69) is 44.6 Å². The van der Waals surface area contributed by atoms with Crippen LogP contribution in [-0.2, 0) is 5.41 Å². The van der Waals surface area contributed by atoms with E-state index in [-0.39, 0.29) is 10.8 Å². The molecule has 0 bridgehead atoms. The highest BCUT2D eigenvalue weighted by Gasteiger charge is 2.29. The lowest BCUT2D eigenvalue weighted by Crippen LogP contribution is -2.25. The molecule has 138 valence electrons. The molecule has 2 aromatic rings. The zero-order valence-electron chi connectivity index (χ0n) is 16.6. The number of H-pyrrole nitrogens is 1. The summed E-state index contributed by atoms with van der Waals surface area (Å²) in [5.74, 6) is 2.59. The van der Waals surface area contributed by atoms with E-state index in [1.165, 1.54) is 0 Å². The molecule has 5 nitrogen and oxygen atoms in total. The van der Waals surface area contributed by atoms with Crippen LogP contribution in [0.3, 0.4) is 0 Å². The van der Waals surface area contributed by atoms with E-state index in [1.54, 1.807) is 21.3 Å². The van der Waals surface area contributed by atoms with Gasteiger partial charge >= 0.3 is 0 Å². The van der Waals surface area contributed by atoms with Gasteiger partial charge in [-0.15, -0.1) is 0 Å². The van der Waals surface area contributed by atoms with Crippen molar-refractivity contribution in [2.45, 2.75) is 46.5 Å². The Bertz CT molecular complexity index is 702. The van der Waals surface area contributed by atoms with E-state index < -0.39 is 0 Å². The first-order valence-electron chi connectivity index (χ1n) is 8.47. The average Bonchev–Trinajstić information content (AvgIpc) is 3.02. The van der Waals surface area contributed by atoms with Crippen LogP contribution in [0, 0.1) is 5.41 Å². The molecule has 5 heteroatoms. The zero-order chi connectivity index (χ0) is 18.8. The minimum Gasteiger partial charge on any atom is -0.493 e. The summed E-state index contributed by atoms with van der Waals surface area (Å²) in [5, 5.41) is 0. The maximum atomic E-state index is 5.43. The van der Waals surface area contributed by atoms with Gasteiger partial charge in [-0.25, -0.2) is 4.98 Å². The maximum absolute atomic E-state index is 5.43. The number of ether oxygens (including phenoxy) is 3. The molecule has 1 aromatic carbocycles. The highest BCUT2D eigenvalue weighted by atomic mass is 16.5. The molecular formula is C20H30N2O3. The van der Waals surface area contributed by atoms with E-state index >= 15 is 0 Å². The van der Waals surface area contributed by atoms with Crippen LogP contribution < -0.4 is 14.2 Å². The highest BCUT2D eigenvalue weighted by Crippen LogP contribution is 2.41. The Labute approximate surface area is 150 Å². The first-order chi connectivity index (χ1) is 11.6. The fourth-order valence-electron chi connectivity index (χ4n) is 3.45. The largest absolute Gasteiger partial charge is 0.493 e. The third-order valence-corrected chi connectivity index (χ3v) is 4.22. The first kappa shape index (κ1) is 19.2. The van der Waals surface area contributed by atoms with Crippen molar-refractivity contribution in [2.24, 2.45) is 5.41 Å². The van der Waals surface area contributed by atoms with E-state index in [0.717, 1.165) is 23.5 Å². The number of benzene rings is 1. The van der Waals surface area contributed by atoms with Crippen LogP contribution in [0.4, 0.5) is 0 Å². The molecule has 1 N–H and O–H groups in total. The second kappa shape index (κ2) is 6.98. The van der Waals surface area contributed by atoms with Crippen LogP contribution in [0.5, 0.6) is 17.2 Å². The van der Waals surface area contributed by atoms with E-state index in [4.69, 9.17) is 14.2 Å². The number of imidazole rings is 1. The van der Waals surface area contributed by atoms with Crippen molar-refractivity contribution in [1.82, 2.24) is 9.97 Å². The zero-order valence-corrected chi connectivity index (χ0v) is 16.6. The van der Waals surface area contributed by atoms with Crippen molar-refractivity contribution < 1.29 is 14.2 Å². The molecule has 2 rings (SSSR count). The Hall–Kier alpha value is -2.17. The lowest BCUT2D eigenvalue weighted by Gasteiger charge is -2.31. The van der Waals surface area contributed by atoms with Crippen LogP contribution in [-0.4, -0.2) is 31.3 Å². The first-order valence-corrected chi connectivity index (χ1v) is 8.47. The van der Waals surface area contributed by atoms with Crippen LogP contribution in [0.1, 0.15) is 46.7 Å². The van der Waals surface area contributed by atoms with E-state index in [9.17, 15) is 0 Å². The second-order valence-electron chi connectivity index (χ2n) is 8.18. The molecule has 0 aliphatic carbocycles. The Morgan fingerprint density at radius 1 is 0.920 bits per heavy atom. The Balaban J connectivity index is 2.43. The molecule has 0 aliphatic rings. The van der Waals surface area contributed by atoms with Gasteiger partial charge in [0.1, 0.15) is 5.82 Å². The molecule has 0 saturated carbocycles. The summed E-state index contributed by atoms with van der Waals surface area (Å²) in [5.41, 5.74) is 2.25. The van der Waals surface area contributed by atoms with E-state index in [0.29, 0.717) is 17.2 Å². The number of aromatic nitrogens is 2. The second-order valence-corrected chi connectivity index (χ2v) is 8.18. The number of nitrogens with zero attached hydrogens (tertiary/aromatic N) is 1. The third-order valence-electron chi connectivity index (χ3n) is 4.22. The summed E-state index contributed by atoms with van der Waals surface area (Å²) in [6.07, 6.45) is 2.97. The Kier molecular flexibility index (Phi) is 5.35.